The third-order valence-electron chi connectivity index (χ3n) is 4.45. The summed E-state index contributed by atoms with van der Waals surface area (Å²) in [5.41, 5.74) is 4.40. The molecule has 1 N–H and O–H groups in total. The number of benzene rings is 1. The van der Waals surface area contributed by atoms with E-state index >= 15 is 0 Å². The smallest absolute Gasteiger partial charge is 0.234 e. The number of unbranched alkanes of at least 4 members (excludes halogenated alkanes) is 1. The lowest BCUT2D eigenvalue weighted by Crippen LogP contribution is -2.28. The van der Waals surface area contributed by atoms with Crippen molar-refractivity contribution in [3.05, 3.63) is 35.5 Å². The Labute approximate surface area is 147 Å². The van der Waals surface area contributed by atoms with Crippen LogP contribution in [0.5, 0.6) is 0 Å². The highest BCUT2D eigenvalue weighted by molar-refractivity contribution is 7.92. The van der Waals surface area contributed by atoms with Gasteiger partial charge in [-0.2, -0.15) is 5.10 Å². The van der Waals surface area contributed by atoms with Crippen molar-refractivity contribution >= 4 is 21.4 Å². The maximum absolute atomic E-state index is 12.3. The van der Waals surface area contributed by atoms with E-state index in [1.54, 1.807) is 23.8 Å². The zero-order chi connectivity index (χ0) is 18.2. The van der Waals surface area contributed by atoms with Gasteiger partial charge in [0, 0.05) is 18.2 Å². The third-order valence-corrected chi connectivity index (χ3v) is 6.30. The van der Waals surface area contributed by atoms with Gasteiger partial charge in [0.15, 0.2) is 11.5 Å². The fourth-order valence-corrected chi connectivity index (χ4v) is 3.99. The van der Waals surface area contributed by atoms with Crippen LogP contribution in [0.4, 0.5) is 5.69 Å². The van der Waals surface area contributed by atoms with E-state index in [-0.39, 0.29) is 5.75 Å². The molecule has 3 rings (SSSR count). The molecule has 3 aromatic rings. The van der Waals surface area contributed by atoms with Crippen molar-refractivity contribution in [2.24, 2.45) is 0 Å². The Hall–Kier alpha value is -2.35. The molecular formula is C17H23N5O2S. The van der Waals surface area contributed by atoms with Gasteiger partial charge in [0.05, 0.1) is 17.1 Å². The fraction of sp³-hybridized carbons (Fsp3) is 0.412. The molecular weight excluding hydrogens is 338 g/mol. The highest BCUT2D eigenvalue weighted by Crippen LogP contribution is 2.23. The van der Waals surface area contributed by atoms with E-state index in [1.807, 2.05) is 32.9 Å². The largest absolute Gasteiger partial charge is 0.321 e. The number of aryl methyl sites for hydroxylation is 2. The van der Waals surface area contributed by atoms with Crippen molar-refractivity contribution in [1.82, 2.24) is 19.8 Å². The standard InChI is InChI=1S/C17H23N5O2S/c1-5-6-11-25(23,24)21(4)15-9-7-14(8-10-15)16-18-17-12(2)13(3)19-22(17)20-16/h7-10H,5-6,11H2,1-4H3,(H,18,20). The summed E-state index contributed by atoms with van der Waals surface area (Å²) in [6, 6.07) is 7.31. The second-order valence-corrected chi connectivity index (χ2v) is 8.33. The molecule has 0 fully saturated rings. The number of sulfonamides is 1. The highest BCUT2D eigenvalue weighted by atomic mass is 32.2. The molecule has 0 aliphatic carbocycles. The van der Waals surface area contributed by atoms with E-state index in [1.165, 1.54) is 4.31 Å². The van der Waals surface area contributed by atoms with E-state index in [0.717, 1.165) is 28.9 Å². The monoisotopic (exact) mass is 361 g/mol. The van der Waals surface area contributed by atoms with Gasteiger partial charge in [-0.15, -0.1) is 9.73 Å². The van der Waals surface area contributed by atoms with Gasteiger partial charge in [0.2, 0.25) is 10.0 Å². The maximum Gasteiger partial charge on any atom is 0.234 e. The summed E-state index contributed by atoms with van der Waals surface area (Å²) < 4.78 is 27.5. The SMILES string of the molecule is CCCCS(=O)(=O)N(C)c1ccc(-c2nn3nc(C)c(C)c3[nH]2)cc1. The fourth-order valence-electron chi connectivity index (χ4n) is 2.62. The molecule has 0 atom stereocenters. The van der Waals surface area contributed by atoms with Crippen LogP contribution in [0.15, 0.2) is 24.3 Å². The Morgan fingerprint density at radius 3 is 2.44 bits per heavy atom. The minimum absolute atomic E-state index is 0.162. The lowest BCUT2D eigenvalue weighted by Gasteiger charge is -2.19. The van der Waals surface area contributed by atoms with E-state index in [9.17, 15) is 8.42 Å². The van der Waals surface area contributed by atoms with Gasteiger partial charge in [-0.3, -0.25) is 4.31 Å². The molecule has 0 bridgehead atoms. The Balaban J connectivity index is 1.86. The third kappa shape index (κ3) is 3.26. The number of nitrogens with zero attached hydrogens (tertiary/aromatic N) is 4. The summed E-state index contributed by atoms with van der Waals surface area (Å²) in [5, 5.41) is 8.80. The van der Waals surface area contributed by atoms with Crippen LogP contribution in [0.2, 0.25) is 0 Å². The van der Waals surface area contributed by atoms with Crippen LogP contribution in [0.1, 0.15) is 31.0 Å². The summed E-state index contributed by atoms with van der Waals surface area (Å²) in [6.07, 6.45) is 1.51. The van der Waals surface area contributed by atoms with Crippen molar-refractivity contribution in [3.63, 3.8) is 0 Å². The van der Waals surface area contributed by atoms with Crippen molar-refractivity contribution in [1.29, 1.82) is 0 Å². The second kappa shape index (κ2) is 6.51. The minimum Gasteiger partial charge on any atom is -0.321 e. The first-order chi connectivity index (χ1) is 11.8. The Kier molecular flexibility index (Phi) is 4.55. The number of fused-ring (bicyclic) bond motifs is 1. The molecule has 0 aliphatic rings. The number of H-pyrrole nitrogens is 1. The molecule has 0 saturated carbocycles. The first-order valence-electron chi connectivity index (χ1n) is 8.32. The first-order valence-corrected chi connectivity index (χ1v) is 9.93. The number of aromatic amines is 1. The van der Waals surface area contributed by atoms with Gasteiger partial charge in [-0.25, -0.2) is 8.42 Å². The van der Waals surface area contributed by atoms with Crippen LogP contribution in [0.25, 0.3) is 17.0 Å². The van der Waals surface area contributed by atoms with Gasteiger partial charge >= 0.3 is 0 Å². The Morgan fingerprint density at radius 1 is 1.16 bits per heavy atom. The molecule has 134 valence electrons. The number of anilines is 1. The molecule has 2 aromatic heterocycles. The van der Waals surface area contributed by atoms with Gasteiger partial charge < -0.3 is 4.98 Å². The average Bonchev–Trinajstić information content (AvgIpc) is 3.12. The number of nitrogens with one attached hydrogen (secondary N) is 1. The summed E-state index contributed by atoms with van der Waals surface area (Å²) in [7, 11) is -1.69. The average molecular weight is 361 g/mol. The Bertz CT molecular complexity index is 986. The molecule has 2 heterocycles. The van der Waals surface area contributed by atoms with Crippen LogP contribution in [-0.4, -0.2) is 41.0 Å². The molecule has 0 radical (unpaired) electrons. The molecule has 1 aromatic carbocycles. The van der Waals surface area contributed by atoms with Crippen LogP contribution in [0.3, 0.4) is 0 Å². The summed E-state index contributed by atoms with van der Waals surface area (Å²) in [6.45, 7) is 5.92. The summed E-state index contributed by atoms with van der Waals surface area (Å²) in [4.78, 5) is 3.27. The van der Waals surface area contributed by atoms with Crippen molar-refractivity contribution in [2.75, 3.05) is 17.1 Å². The van der Waals surface area contributed by atoms with Gasteiger partial charge in [0.25, 0.3) is 0 Å². The summed E-state index contributed by atoms with van der Waals surface area (Å²) >= 11 is 0. The zero-order valence-corrected chi connectivity index (χ0v) is 15.8. The highest BCUT2D eigenvalue weighted by Gasteiger charge is 2.18. The minimum atomic E-state index is -3.28. The molecule has 25 heavy (non-hydrogen) atoms. The van der Waals surface area contributed by atoms with Crippen LogP contribution >= 0.6 is 0 Å². The first kappa shape index (κ1) is 17.5. The molecule has 7 nitrogen and oxygen atoms in total. The van der Waals surface area contributed by atoms with E-state index in [2.05, 4.69) is 15.2 Å². The van der Waals surface area contributed by atoms with Gasteiger partial charge in [-0.05, 0) is 44.5 Å². The van der Waals surface area contributed by atoms with Gasteiger partial charge in [-0.1, -0.05) is 13.3 Å². The maximum atomic E-state index is 12.3. The van der Waals surface area contributed by atoms with Gasteiger partial charge in [0.1, 0.15) is 0 Å². The van der Waals surface area contributed by atoms with Crippen molar-refractivity contribution in [3.8, 4) is 11.4 Å². The predicted molar refractivity (Wildman–Crippen MR) is 99.3 cm³/mol. The van der Waals surface area contributed by atoms with E-state index in [4.69, 9.17) is 0 Å². The Morgan fingerprint density at radius 2 is 1.84 bits per heavy atom. The number of aromatic nitrogens is 4. The molecule has 0 unspecified atom stereocenters. The topological polar surface area (TPSA) is 83.4 Å². The lowest BCUT2D eigenvalue weighted by molar-refractivity contribution is 0.591. The molecule has 0 spiro atoms. The molecule has 0 saturated heterocycles. The van der Waals surface area contributed by atoms with Crippen molar-refractivity contribution < 1.29 is 8.42 Å². The molecule has 0 amide bonds. The van der Waals surface area contributed by atoms with Crippen molar-refractivity contribution in [2.45, 2.75) is 33.6 Å². The molecule has 0 aliphatic heterocycles. The normalized spacial score (nSPS) is 12.0. The van der Waals surface area contributed by atoms with E-state index in [0.29, 0.717) is 17.9 Å². The van der Waals surface area contributed by atoms with Crippen LogP contribution in [0, 0.1) is 13.8 Å². The van der Waals surface area contributed by atoms with Crippen LogP contribution in [-0.2, 0) is 10.0 Å². The lowest BCUT2D eigenvalue weighted by atomic mass is 10.2. The summed E-state index contributed by atoms with van der Waals surface area (Å²) in [5.74, 6) is 0.865. The number of hydrogen-bond acceptors (Lipinski definition) is 4. The van der Waals surface area contributed by atoms with E-state index < -0.39 is 10.0 Å². The second-order valence-electron chi connectivity index (χ2n) is 6.21. The number of hydrogen-bond donors (Lipinski definition) is 1. The molecule has 8 heteroatoms. The predicted octanol–water partition coefficient (Wildman–Crippen LogP) is 2.91. The zero-order valence-electron chi connectivity index (χ0n) is 14.9. The quantitative estimate of drug-likeness (QED) is 0.732. The number of rotatable bonds is 6. The van der Waals surface area contributed by atoms with Crippen LogP contribution < -0.4 is 4.31 Å².